The van der Waals surface area contributed by atoms with Crippen molar-refractivity contribution in [2.24, 2.45) is 0 Å². The van der Waals surface area contributed by atoms with Crippen molar-refractivity contribution in [1.29, 1.82) is 0 Å². The number of hydrogen-bond donors (Lipinski definition) is 1. The van der Waals surface area contributed by atoms with Crippen molar-refractivity contribution in [3.8, 4) is 0 Å². The molecule has 0 saturated heterocycles. The van der Waals surface area contributed by atoms with E-state index < -0.39 is 0 Å². The fourth-order valence-corrected chi connectivity index (χ4v) is 2.58. The van der Waals surface area contributed by atoms with Crippen molar-refractivity contribution in [2.45, 2.75) is 72.0 Å². The van der Waals surface area contributed by atoms with Crippen LogP contribution in [-0.4, -0.2) is 23.6 Å². The number of aryl methyl sites for hydroxylation is 1. The second-order valence-corrected chi connectivity index (χ2v) is 6.13. The minimum atomic E-state index is 0.520. The molecule has 0 amide bonds. The Hall–Kier alpha value is -1.09. The highest BCUT2D eigenvalue weighted by molar-refractivity contribution is 5.45. The summed E-state index contributed by atoms with van der Waals surface area (Å²) in [5.74, 6) is 1.18. The van der Waals surface area contributed by atoms with Crippen LogP contribution in [0.3, 0.4) is 0 Å². The van der Waals surface area contributed by atoms with Crippen LogP contribution in [-0.2, 0) is 13.0 Å². The maximum absolute atomic E-state index is 4.88. The highest BCUT2D eigenvalue weighted by Gasteiger charge is 2.29. The van der Waals surface area contributed by atoms with Crippen LogP contribution in [0.25, 0.3) is 0 Å². The SMILES string of the molecule is CCCc1cc(CNC(C)C)cc(N(CC)C2CC2)n1. The summed E-state index contributed by atoms with van der Waals surface area (Å²) in [7, 11) is 0. The first-order valence-corrected chi connectivity index (χ1v) is 8.13. The smallest absolute Gasteiger partial charge is 0.129 e. The van der Waals surface area contributed by atoms with Crippen LogP contribution < -0.4 is 10.2 Å². The Morgan fingerprint density at radius 3 is 2.60 bits per heavy atom. The Kier molecular flexibility index (Phi) is 5.41. The van der Waals surface area contributed by atoms with Gasteiger partial charge in [0.2, 0.25) is 0 Å². The van der Waals surface area contributed by atoms with Gasteiger partial charge in [0.05, 0.1) is 0 Å². The molecule has 1 N–H and O–H groups in total. The summed E-state index contributed by atoms with van der Waals surface area (Å²) in [5.41, 5.74) is 2.61. The summed E-state index contributed by atoms with van der Waals surface area (Å²) >= 11 is 0. The van der Waals surface area contributed by atoms with Crippen LogP contribution in [0.4, 0.5) is 5.82 Å². The lowest BCUT2D eigenvalue weighted by Crippen LogP contribution is -2.27. The molecule has 112 valence electrons. The summed E-state index contributed by atoms with van der Waals surface area (Å²) in [6.07, 6.45) is 4.88. The van der Waals surface area contributed by atoms with E-state index in [2.05, 4.69) is 50.0 Å². The molecule has 3 nitrogen and oxygen atoms in total. The molecule has 0 bridgehead atoms. The molecule has 1 saturated carbocycles. The van der Waals surface area contributed by atoms with E-state index in [-0.39, 0.29) is 0 Å². The van der Waals surface area contributed by atoms with Gasteiger partial charge < -0.3 is 10.2 Å². The Labute approximate surface area is 123 Å². The number of aromatic nitrogens is 1. The van der Waals surface area contributed by atoms with E-state index in [1.165, 1.54) is 29.9 Å². The molecule has 0 radical (unpaired) electrons. The highest BCUT2D eigenvalue weighted by atomic mass is 15.2. The molecule has 1 fully saturated rings. The Morgan fingerprint density at radius 2 is 2.05 bits per heavy atom. The van der Waals surface area contributed by atoms with Gasteiger partial charge in [-0.2, -0.15) is 0 Å². The van der Waals surface area contributed by atoms with Crippen molar-refractivity contribution in [3.05, 3.63) is 23.4 Å². The molecule has 1 aromatic rings. The van der Waals surface area contributed by atoms with Gasteiger partial charge in [-0.15, -0.1) is 0 Å². The van der Waals surface area contributed by atoms with Gasteiger partial charge in [-0.25, -0.2) is 4.98 Å². The predicted octanol–water partition coefficient (Wildman–Crippen LogP) is 3.52. The zero-order chi connectivity index (χ0) is 14.5. The zero-order valence-corrected chi connectivity index (χ0v) is 13.4. The minimum Gasteiger partial charge on any atom is -0.354 e. The summed E-state index contributed by atoms with van der Waals surface area (Å²) in [6.45, 7) is 10.8. The highest BCUT2D eigenvalue weighted by Crippen LogP contribution is 2.31. The molecule has 1 heterocycles. The van der Waals surface area contributed by atoms with Gasteiger partial charge in [0.15, 0.2) is 0 Å². The molecule has 20 heavy (non-hydrogen) atoms. The van der Waals surface area contributed by atoms with Gasteiger partial charge in [-0.05, 0) is 43.9 Å². The average Bonchev–Trinajstić information content (AvgIpc) is 3.22. The molecule has 1 aliphatic carbocycles. The average molecular weight is 275 g/mol. The van der Waals surface area contributed by atoms with Gasteiger partial charge in [0.25, 0.3) is 0 Å². The van der Waals surface area contributed by atoms with Gasteiger partial charge >= 0.3 is 0 Å². The summed E-state index contributed by atoms with van der Waals surface area (Å²) in [5, 5.41) is 3.51. The molecule has 1 aromatic heterocycles. The van der Waals surface area contributed by atoms with E-state index in [0.717, 1.165) is 32.0 Å². The van der Waals surface area contributed by atoms with E-state index in [1.807, 2.05) is 0 Å². The van der Waals surface area contributed by atoms with Crippen LogP contribution in [0.15, 0.2) is 12.1 Å². The van der Waals surface area contributed by atoms with Gasteiger partial charge in [-0.3, -0.25) is 0 Å². The second-order valence-electron chi connectivity index (χ2n) is 6.13. The molecule has 3 heteroatoms. The van der Waals surface area contributed by atoms with Crippen molar-refractivity contribution in [2.75, 3.05) is 11.4 Å². The standard InChI is InChI=1S/C17H29N3/c1-5-7-15-10-14(12-18-13(3)4)11-17(19-15)20(6-2)16-8-9-16/h10-11,13,16,18H,5-9,12H2,1-4H3. The van der Waals surface area contributed by atoms with E-state index in [9.17, 15) is 0 Å². The molecule has 0 aromatic carbocycles. The van der Waals surface area contributed by atoms with Crippen molar-refractivity contribution >= 4 is 5.82 Å². The molecule has 1 aliphatic rings. The second kappa shape index (κ2) is 7.07. The molecular weight excluding hydrogens is 246 g/mol. The lowest BCUT2D eigenvalue weighted by atomic mass is 10.1. The lowest BCUT2D eigenvalue weighted by molar-refractivity contribution is 0.587. The summed E-state index contributed by atoms with van der Waals surface area (Å²) < 4.78 is 0. The Balaban J connectivity index is 2.20. The quantitative estimate of drug-likeness (QED) is 0.787. The molecule has 0 aliphatic heterocycles. The third-order valence-electron chi connectivity index (χ3n) is 3.77. The summed E-state index contributed by atoms with van der Waals surface area (Å²) in [6, 6.07) is 5.79. The van der Waals surface area contributed by atoms with E-state index in [4.69, 9.17) is 4.98 Å². The maximum atomic E-state index is 4.88. The van der Waals surface area contributed by atoms with E-state index >= 15 is 0 Å². The zero-order valence-electron chi connectivity index (χ0n) is 13.4. The molecule has 2 rings (SSSR count). The molecule has 0 spiro atoms. The number of hydrogen-bond acceptors (Lipinski definition) is 3. The monoisotopic (exact) mass is 275 g/mol. The fraction of sp³-hybridized carbons (Fsp3) is 0.706. The normalized spacial score (nSPS) is 14.8. The van der Waals surface area contributed by atoms with Gasteiger partial charge in [0, 0.05) is 30.9 Å². The van der Waals surface area contributed by atoms with Crippen molar-refractivity contribution < 1.29 is 0 Å². The maximum Gasteiger partial charge on any atom is 0.129 e. The van der Waals surface area contributed by atoms with Crippen molar-refractivity contribution in [1.82, 2.24) is 10.3 Å². The predicted molar refractivity (Wildman–Crippen MR) is 86.2 cm³/mol. The van der Waals surface area contributed by atoms with E-state index in [0.29, 0.717) is 6.04 Å². The number of nitrogens with one attached hydrogen (secondary N) is 1. The first-order chi connectivity index (χ1) is 9.63. The van der Waals surface area contributed by atoms with Gasteiger partial charge in [0.1, 0.15) is 5.82 Å². The number of anilines is 1. The largest absolute Gasteiger partial charge is 0.354 e. The van der Waals surface area contributed by atoms with E-state index in [1.54, 1.807) is 0 Å². The molecule has 0 unspecified atom stereocenters. The number of rotatable bonds is 8. The first-order valence-electron chi connectivity index (χ1n) is 8.13. The Morgan fingerprint density at radius 1 is 1.30 bits per heavy atom. The van der Waals surface area contributed by atoms with Crippen LogP contribution in [0.1, 0.15) is 58.2 Å². The lowest BCUT2D eigenvalue weighted by Gasteiger charge is -2.23. The minimum absolute atomic E-state index is 0.520. The molecule has 0 atom stereocenters. The topological polar surface area (TPSA) is 28.2 Å². The van der Waals surface area contributed by atoms with Crippen LogP contribution in [0.5, 0.6) is 0 Å². The van der Waals surface area contributed by atoms with Gasteiger partial charge in [-0.1, -0.05) is 27.2 Å². The number of nitrogens with zero attached hydrogens (tertiary/aromatic N) is 2. The van der Waals surface area contributed by atoms with Crippen molar-refractivity contribution in [3.63, 3.8) is 0 Å². The third kappa shape index (κ3) is 4.20. The van der Waals surface area contributed by atoms with Crippen LogP contribution in [0.2, 0.25) is 0 Å². The number of pyridine rings is 1. The third-order valence-corrected chi connectivity index (χ3v) is 3.77. The Bertz CT molecular complexity index is 424. The molecular formula is C17H29N3. The fourth-order valence-electron chi connectivity index (χ4n) is 2.58. The first kappa shape index (κ1) is 15.3. The van der Waals surface area contributed by atoms with Crippen LogP contribution in [0, 0.1) is 0 Å². The summed E-state index contributed by atoms with van der Waals surface area (Å²) in [4.78, 5) is 7.35. The van der Waals surface area contributed by atoms with Crippen LogP contribution >= 0.6 is 0 Å².